The average molecular weight is 281 g/mol. The van der Waals surface area contributed by atoms with Crippen LogP contribution < -0.4 is 4.74 Å². The molecule has 0 aliphatic rings. The van der Waals surface area contributed by atoms with Gasteiger partial charge in [-0.05, 0) is 34.9 Å². The summed E-state index contributed by atoms with van der Waals surface area (Å²) in [5.74, 6) is 0.431. The summed E-state index contributed by atoms with van der Waals surface area (Å²) >= 11 is 11.7. The maximum atomic E-state index is 11.6. The van der Waals surface area contributed by atoms with E-state index >= 15 is 0 Å². The molecule has 0 fully saturated rings. The van der Waals surface area contributed by atoms with Gasteiger partial charge in [-0.3, -0.25) is 4.79 Å². The second kappa shape index (κ2) is 5.42. The molecule has 0 radical (unpaired) electrons. The molecule has 0 aromatic heterocycles. The fourth-order valence-corrected chi connectivity index (χ4v) is 2.34. The predicted molar refractivity (Wildman–Crippen MR) is 73.6 cm³/mol. The van der Waals surface area contributed by atoms with Crippen LogP contribution in [0.25, 0.3) is 11.1 Å². The van der Waals surface area contributed by atoms with Crippen molar-refractivity contribution in [2.75, 3.05) is 7.11 Å². The molecule has 0 saturated heterocycles. The largest absolute Gasteiger partial charge is 0.495 e. The average Bonchev–Trinajstić information content (AvgIpc) is 2.39. The summed E-state index contributed by atoms with van der Waals surface area (Å²) in [5.41, 5.74) is 1.84. The lowest BCUT2D eigenvalue weighted by Crippen LogP contribution is -1.97. The van der Waals surface area contributed by atoms with Gasteiger partial charge < -0.3 is 4.74 Å². The third-order valence-corrected chi connectivity index (χ3v) is 3.17. The Morgan fingerprint density at radius 1 is 1.11 bits per heavy atom. The second-order valence-corrected chi connectivity index (χ2v) is 4.37. The Bertz CT molecular complexity index is 580. The van der Waals surface area contributed by atoms with Gasteiger partial charge in [-0.2, -0.15) is 0 Å². The zero-order valence-electron chi connectivity index (χ0n) is 9.61. The van der Waals surface area contributed by atoms with E-state index in [2.05, 4.69) is 0 Å². The lowest BCUT2D eigenvalue weighted by Gasteiger charge is -2.11. The van der Waals surface area contributed by atoms with Crippen molar-refractivity contribution in [2.45, 2.75) is 0 Å². The highest BCUT2D eigenvalue weighted by atomic mass is 35.5. The van der Waals surface area contributed by atoms with Crippen LogP contribution in [0.2, 0.25) is 5.02 Å². The van der Waals surface area contributed by atoms with Crippen LogP contribution in [0.5, 0.6) is 5.75 Å². The third kappa shape index (κ3) is 2.35. The van der Waals surface area contributed by atoms with Gasteiger partial charge >= 0.3 is 0 Å². The molecule has 0 aliphatic heterocycles. The van der Waals surface area contributed by atoms with Crippen molar-refractivity contribution in [1.82, 2.24) is 0 Å². The van der Waals surface area contributed by atoms with Crippen molar-refractivity contribution >= 4 is 28.4 Å². The molecule has 0 atom stereocenters. The first-order valence-electron chi connectivity index (χ1n) is 5.27. The summed E-state index contributed by atoms with van der Waals surface area (Å²) in [4.78, 5) is 11.6. The van der Waals surface area contributed by atoms with Gasteiger partial charge in [0.05, 0.1) is 17.7 Å². The SMILES string of the molecule is COc1ccc(-c2ccccc2)c(C(=O)Cl)c1Cl. The molecule has 18 heavy (non-hydrogen) atoms. The number of halogens is 2. The van der Waals surface area contributed by atoms with Gasteiger partial charge in [0, 0.05) is 0 Å². The minimum absolute atomic E-state index is 0.235. The Morgan fingerprint density at radius 2 is 1.78 bits per heavy atom. The number of ether oxygens (including phenoxy) is 1. The molecule has 0 N–H and O–H groups in total. The minimum Gasteiger partial charge on any atom is -0.495 e. The van der Waals surface area contributed by atoms with Gasteiger partial charge in [0.15, 0.2) is 0 Å². The zero-order chi connectivity index (χ0) is 13.1. The molecule has 0 heterocycles. The van der Waals surface area contributed by atoms with Crippen molar-refractivity contribution in [2.24, 2.45) is 0 Å². The molecule has 0 bridgehead atoms. The second-order valence-electron chi connectivity index (χ2n) is 3.64. The highest BCUT2D eigenvalue weighted by molar-refractivity contribution is 6.69. The van der Waals surface area contributed by atoms with Crippen LogP contribution in [0.1, 0.15) is 10.4 Å². The van der Waals surface area contributed by atoms with Gasteiger partial charge in [-0.1, -0.05) is 41.9 Å². The van der Waals surface area contributed by atoms with Crippen molar-refractivity contribution in [3.63, 3.8) is 0 Å². The van der Waals surface area contributed by atoms with Crippen LogP contribution in [-0.4, -0.2) is 12.4 Å². The predicted octanol–water partition coefficient (Wildman–Crippen LogP) is 4.39. The van der Waals surface area contributed by atoms with Gasteiger partial charge in [-0.25, -0.2) is 0 Å². The summed E-state index contributed by atoms with van der Waals surface area (Å²) in [7, 11) is 1.49. The highest BCUT2D eigenvalue weighted by Crippen LogP contribution is 2.36. The summed E-state index contributed by atoms with van der Waals surface area (Å²) in [5, 5.41) is -0.364. The number of hydrogen-bond acceptors (Lipinski definition) is 2. The van der Waals surface area contributed by atoms with E-state index < -0.39 is 5.24 Å². The van der Waals surface area contributed by atoms with Gasteiger partial charge in [0.25, 0.3) is 5.24 Å². The van der Waals surface area contributed by atoms with E-state index in [1.807, 2.05) is 30.3 Å². The summed E-state index contributed by atoms with van der Waals surface area (Å²) in [6.07, 6.45) is 0. The Balaban J connectivity index is 2.69. The van der Waals surface area contributed by atoms with E-state index in [1.165, 1.54) is 7.11 Å². The maximum Gasteiger partial charge on any atom is 0.254 e. The Hall–Kier alpha value is -1.51. The highest BCUT2D eigenvalue weighted by Gasteiger charge is 2.18. The molecule has 4 heteroatoms. The lowest BCUT2D eigenvalue weighted by atomic mass is 10.00. The van der Waals surface area contributed by atoms with E-state index in [-0.39, 0.29) is 10.6 Å². The van der Waals surface area contributed by atoms with Crippen LogP contribution in [0.3, 0.4) is 0 Å². The smallest absolute Gasteiger partial charge is 0.254 e. The Kier molecular flexibility index (Phi) is 3.90. The molecule has 92 valence electrons. The van der Waals surface area contributed by atoms with Crippen LogP contribution in [0.15, 0.2) is 42.5 Å². The first-order valence-corrected chi connectivity index (χ1v) is 6.02. The molecule has 2 aromatic carbocycles. The van der Waals surface area contributed by atoms with E-state index in [0.717, 1.165) is 5.56 Å². The van der Waals surface area contributed by atoms with Crippen LogP contribution in [0.4, 0.5) is 0 Å². The van der Waals surface area contributed by atoms with Crippen LogP contribution in [0, 0.1) is 0 Å². The quantitative estimate of drug-likeness (QED) is 0.780. The van der Waals surface area contributed by atoms with E-state index in [4.69, 9.17) is 27.9 Å². The zero-order valence-corrected chi connectivity index (χ0v) is 11.1. The molecule has 0 unspecified atom stereocenters. The van der Waals surface area contributed by atoms with Gasteiger partial charge in [0.2, 0.25) is 0 Å². The van der Waals surface area contributed by atoms with E-state index in [0.29, 0.717) is 11.3 Å². The number of benzene rings is 2. The normalized spacial score (nSPS) is 10.2. The molecule has 0 spiro atoms. The molecule has 0 saturated carbocycles. The van der Waals surface area contributed by atoms with Gasteiger partial charge in [-0.15, -0.1) is 0 Å². The number of methoxy groups -OCH3 is 1. The summed E-state index contributed by atoms with van der Waals surface area (Å²) in [6, 6.07) is 12.9. The fourth-order valence-electron chi connectivity index (χ4n) is 1.77. The van der Waals surface area contributed by atoms with Crippen molar-refractivity contribution in [3.05, 3.63) is 53.1 Å². The number of carbonyl (C=O) groups excluding carboxylic acids is 1. The Morgan fingerprint density at radius 3 is 2.33 bits per heavy atom. The number of carbonyl (C=O) groups is 1. The van der Waals surface area contributed by atoms with Crippen molar-refractivity contribution in [1.29, 1.82) is 0 Å². The van der Waals surface area contributed by atoms with E-state index in [9.17, 15) is 4.79 Å². The van der Waals surface area contributed by atoms with Crippen LogP contribution >= 0.6 is 23.2 Å². The molecule has 2 nitrogen and oxygen atoms in total. The fraction of sp³-hybridized carbons (Fsp3) is 0.0714. The Labute approximate surface area is 115 Å². The molecular weight excluding hydrogens is 271 g/mol. The molecular formula is C14H10Cl2O2. The van der Waals surface area contributed by atoms with E-state index in [1.54, 1.807) is 12.1 Å². The third-order valence-electron chi connectivity index (χ3n) is 2.61. The summed E-state index contributed by atoms with van der Waals surface area (Å²) < 4.78 is 5.08. The minimum atomic E-state index is -0.599. The monoisotopic (exact) mass is 280 g/mol. The molecule has 0 amide bonds. The lowest BCUT2D eigenvalue weighted by molar-refractivity contribution is 0.108. The van der Waals surface area contributed by atoms with Crippen molar-refractivity contribution < 1.29 is 9.53 Å². The standard InChI is InChI=1S/C14H10Cl2O2/c1-18-11-8-7-10(9-5-3-2-4-6-9)12(13(11)15)14(16)17/h2-8H,1H3. The molecule has 2 aromatic rings. The topological polar surface area (TPSA) is 26.3 Å². The number of rotatable bonds is 3. The molecule has 0 aliphatic carbocycles. The van der Waals surface area contributed by atoms with Crippen LogP contribution in [-0.2, 0) is 0 Å². The first kappa shape index (κ1) is 12.9. The number of hydrogen-bond donors (Lipinski definition) is 0. The maximum absolute atomic E-state index is 11.6. The molecule has 2 rings (SSSR count). The summed E-state index contributed by atoms with van der Waals surface area (Å²) in [6.45, 7) is 0. The van der Waals surface area contributed by atoms with Gasteiger partial charge in [0.1, 0.15) is 5.75 Å². The first-order chi connectivity index (χ1) is 8.65. The van der Waals surface area contributed by atoms with Crippen molar-refractivity contribution in [3.8, 4) is 16.9 Å².